The van der Waals surface area contributed by atoms with Crippen molar-refractivity contribution in [2.75, 3.05) is 19.0 Å². The van der Waals surface area contributed by atoms with E-state index in [4.69, 9.17) is 9.47 Å². The lowest BCUT2D eigenvalue weighted by molar-refractivity contribution is -0.112. The molecule has 0 fully saturated rings. The molecule has 5 nitrogen and oxygen atoms in total. The number of hydrogen-bond donors (Lipinski definition) is 1. The van der Waals surface area contributed by atoms with Gasteiger partial charge in [0, 0.05) is 5.69 Å². The average molecular weight is 368 g/mol. The fourth-order valence-corrected chi connectivity index (χ4v) is 2.30. The fraction of sp³-hybridized carbons (Fsp3) is 0.238. The average Bonchev–Trinajstić information content (AvgIpc) is 2.66. The number of carbonyl (C=O) groups is 1. The highest BCUT2D eigenvalue weighted by Crippen LogP contribution is 2.29. The van der Waals surface area contributed by atoms with Gasteiger partial charge < -0.3 is 14.8 Å². The number of hydrogen-bond acceptors (Lipinski definition) is 4. The second-order valence-electron chi connectivity index (χ2n) is 5.75. The number of anilines is 1. The molecule has 0 saturated heterocycles. The molecule has 0 aliphatic rings. The van der Waals surface area contributed by atoms with Gasteiger partial charge in [-0.25, -0.2) is 4.39 Å². The van der Waals surface area contributed by atoms with Gasteiger partial charge in [0.25, 0.3) is 5.91 Å². The Bertz CT molecular complexity index is 872. The van der Waals surface area contributed by atoms with Crippen LogP contribution in [0.25, 0.3) is 6.08 Å². The molecule has 2 aromatic carbocycles. The third kappa shape index (κ3) is 5.86. The Morgan fingerprint density at radius 3 is 2.74 bits per heavy atom. The van der Waals surface area contributed by atoms with Gasteiger partial charge in [0.15, 0.2) is 11.5 Å². The molecule has 1 N–H and O–H groups in total. The molecular formula is C21H21FN2O3. The number of nitrogens with one attached hydrogen (secondary N) is 1. The summed E-state index contributed by atoms with van der Waals surface area (Å²) in [7, 11) is 1.53. The van der Waals surface area contributed by atoms with Gasteiger partial charge in [0.2, 0.25) is 0 Å². The number of methoxy groups -OCH3 is 1. The molecule has 140 valence electrons. The van der Waals surface area contributed by atoms with Crippen molar-refractivity contribution < 1.29 is 18.7 Å². The Morgan fingerprint density at radius 2 is 2.07 bits per heavy atom. The van der Waals surface area contributed by atoms with Crippen LogP contribution in [0.5, 0.6) is 11.5 Å². The van der Waals surface area contributed by atoms with Crippen molar-refractivity contribution in [2.24, 2.45) is 0 Å². The van der Waals surface area contributed by atoms with E-state index >= 15 is 0 Å². The third-order valence-corrected chi connectivity index (χ3v) is 3.70. The minimum absolute atomic E-state index is 0.110. The molecule has 2 aromatic rings. The number of nitrogens with zero attached hydrogens (tertiary/aromatic N) is 1. The summed E-state index contributed by atoms with van der Waals surface area (Å²) >= 11 is 0. The normalized spacial score (nSPS) is 10.8. The van der Waals surface area contributed by atoms with Crippen LogP contribution in [-0.2, 0) is 4.79 Å². The lowest BCUT2D eigenvalue weighted by Gasteiger charge is -2.11. The van der Waals surface area contributed by atoms with E-state index in [1.165, 1.54) is 31.4 Å². The number of nitriles is 1. The van der Waals surface area contributed by atoms with Crippen LogP contribution in [0.3, 0.4) is 0 Å². The van der Waals surface area contributed by atoms with Gasteiger partial charge >= 0.3 is 0 Å². The molecule has 0 aliphatic carbocycles. The number of halogens is 1. The molecule has 0 aliphatic heterocycles. The number of benzene rings is 2. The first-order chi connectivity index (χ1) is 13.1. The van der Waals surface area contributed by atoms with Crippen LogP contribution in [-0.4, -0.2) is 19.6 Å². The Morgan fingerprint density at radius 1 is 1.26 bits per heavy atom. The van der Waals surface area contributed by atoms with E-state index in [0.29, 0.717) is 23.7 Å². The molecule has 0 spiro atoms. The summed E-state index contributed by atoms with van der Waals surface area (Å²) < 4.78 is 24.2. The van der Waals surface area contributed by atoms with Crippen LogP contribution >= 0.6 is 0 Å². The highest BCUT2D eigenvalue weighted by Gasteiger charge is 2.11. The van der Waals surface area contributed by atoms with E-state index in [0.717, 1.165) is 12.8 Å². The number of rotatable bonds is 8. The molecular weight excluding hydrogens is 347 g/mol. The largest absolute Gasteiger partial charge is 0.493 e. The molecule has 0 atom stereocenters. The molecule has 0 unspecified atom stereocenters. The van der Waals surface area contributed by atoms with E-state index in [2.05, 4.69) is 12.2 Å². The Kier molecular flexibility index (Phi) is 7.38. The first-order valence-electron chi connectivity index (χ1n) is 8.57. The van der Waals surface area contributed by atoms with Crippen molar-refractivity contribution in [1.82, 2.24) is 0 Å². The van der Waals surface area contributed by atoms with Crippen molar-refractivity contribution >= 4 is 17.7 Å². The van der Waals surface area contributed by atoms with Gasteiger partial charge in [-0.1, -0.05) is 25.5 Å². The van der Waals surface area contributed by atoms with Gasteiger partial charge in [-0.05, 0) is 48.4 Å². The molecule has 2 rings (SSSR count). The SMILES string of the molecule is CCCCOc1ccc(/C=C(\C#N)C(=O)Nc2cccc(F)c2)cc1OC. The molecule has 1 amide bonds. The summed E-state index contributed by atoms with van der Waals surface area (Å²) in [4.78, 5) is 12.3. The van der Waals surface area contributed by atoms with Crippen molar-refractivity contribution in [3.63, 3.8) is 0 Å². The molecule has 0 radical (unpaired) electrons. The quantitative estimate of drug-likeness (QED) is 0.421. The summed E-state index contributed by atoms with van der Waals surface area (Å²) in [5.74, 6) is 0.0255. The molecule has 0 aromatic heterocycles. The van der Waals surface area contributed by atoms with Gasteiger partial charge in [0.1, 0.15) is 17.5 Å². The Hall–Kier alpha value is -3.33. The molecule has 0 saturated carbocycles. The lowest BCUT2D eigenvalue weighted by Crippen LogP contribution is -2.13. The third-order valence-electron chi connectivity index (χ3n) is 3.70. The van der Waals surface area contributed by atoms with Crippen molar-refractivity contribution in [3.05, 3.63) is 59.4 Å². The smallest absolute Gasteiger partial charge is 0.266 e. The number of carbonyl (C=O) groups excluding carboxylic acids is 1. The minimum atomic E-state index is -0.620. The van der Waals surface area contributed by atoms with Gasteiger partial charge in [-0.15, -0.1) is 0 Å². The minimum Gasteiger partial charge on any atom is -0.493 e. The molecule has 0 heterocycles. The van der Waals surface area contributed by atoms with E-state index in [-0.39, 0.29) is 11.3 Å². The van der Waals surface area contributed by atoms with Crippen LogP contribution in [0.2, 0.25) is 0 Å². The summed E-state index contributed by atoms with van der Waals surface area (Å²) in [6.45, 7) is 2.66. The van der Waals surface area contributed by atoms with Crippen LogP contribution in [0, 0.1) is 17.1 Å². The van der Waals surface area contributed by atoms with Crippen LogP contribution in [0.15, 0.2) is 48.0 Å². The highest BCUT2D eigenvalue weighted by molar-refractivity contribution is 6.09. The van der Waals surface area contributed by atoms with Crippen molar-refractivity contribution in [1.29, 1.82) is 5.26 Å². The van der Waals surface area contributed by atoms with Crippen LogP contribution in [0.4, 0.5) is 10.1 Å². The van der Waals surface area contributed by atoms with Crippen LogP contribution in [0.1, 0.15) is 25.3 Å². The van der Waals surface area contributed by atoms with Crippen LogP contribution < -0.4 is 14.8 Å². The summed E-state index contributed by atoms with van der Waals surface area (Å²) in [6, 6.07) is 12.5. The fourth-order valence-electron chi connectivity index (χ4n) is 2.30. The summed E-state index contributed by atoms with van der Waals surface area (Å²) in [5, 5.41) is 11.8. The van der Waals surface area contributed by atoms with E-state index in [9.17, 15) is 14.4 Å². The molecule has 27 heavy (non-hydrogen) atoms. The van der Waals surface area contributed by atoms with E-state index in [1.54, 1.807) is 24.3 Å². The molecule has 6 heteroatoms. The summed E-state index contributed by atoms with van der Waals surface area (Å²) in [6.07, 6.45) is 3.39. The Balaban J connectivity index is 2.18. The predicted molar refractivity (Wildman–Crippen MR) is 102 cm³/mol. The monoisotopic (exact) mass is 368 g/mol. The maximum atomic E-state index is 13.2. The summed E-state index contributed by atoms with van der Waals surface area (Å²) in [5.41, 5.74) is 0.778. The topological polar surface area (TPSA) is 71.3 Å². The molecule has 0 bridgehead atoms. The van der Waals surface area contributed by atoms with E-state index in [1.807, 2.05) is 6.07 Å². The van der Waals surface area contributed by atoms with Crippen molar-refractivity contribution in [2.45, 2.75) is 19.8 Å². The number of amides is 1. The second-order valence-corrected chi connectivity index (χ2v) is 5.75. The zero-order chi connectivity index (χ0) is 19.6. The zero-order valence-corrected chi connectivity index (χ0v) is 15.3. The second kappa shape index (κ2) is 9.97. The van der Waals surface area contributed by atoms with Gasteiger partial charge in [0.05, 0.1) is 13.7 Å². The van der Waals surface area contributed by atoms with Gasteiger partial charge in [-0.2, -0.15) is 5.26 Å². The first kappa shape index (κ1) is 20.0. The lowest BCUT2D eigenvalue weighted by atomic mass is 10.1. The van der Waals surface area contributed by atoms with Gasteiger partial charge in [-0.3, -0.25) is 4.79 Å². The van der Waals surface area contributed by atoms with E-state index < -0.39 is 11.7 Å². The number of unbranched alkanes of at least 4 members (excludes halogenated alkanes) is 1. The number of ether oxygens (including phenoxy) is 2. The highest BCUT2D eigenvalue weighted by atomic mass is 19.1. The first-order valence-corrected chi connectivity index (χ1v) is 8.57. The van der Waals surface area contributed by atoms with Crippen molar-refractivity contribution in [3.8, 4) is 17.6 Å². The predicted octanol–water partition coefficient (Wildman–Crippen LogP) is 4.56. The maximum absolute atomic E-state index is 13.2. The maximum Gasteiger partial charge on any atom is 0.266 e. The zero-order valence-electron chi connectivity index (χ0n) is 15.3. The Labute approximate surface area is 158 Å². The standard InChI is InChI=1S/C21H21FN2O3/c1-3-4-10-27-19-9-8-15(12-20(19)26-2)11-16(14-23)21(25)24-18-7-5-6-17(22)13-18/h5-9,11-13H,3-4,10H2,1-2H3,(H,24,25)/b16-11+.